The van der Waals surface area contributed by atoms with E-state index in [0.29, 0.717) is 6.54 Å². The molecule has 19 heavy (non-hydrogen) atoms. The normalized spacial score (nSPS) is 16.0. The van der Waals surface area contributed by atoms with Crippen LogP contribution >= 0.6 is 0 Å². The van der Waals surface area contributed by atoms with E-state index in [-0.39, 0.29) is 0 Å². The van der Waals surface area contributed by atoms with E-state index in [9.17, 15) is 0 Å². The van der Waals surface area contributed by atoms with Gasteiger partial charge < -0.3 is 16.0 Å². The number of pyridine rings is 1. The van der Waals surface area contributed by atoms with Crippen molar-refractivity contribution in [3.8, 4) is 0 Å². The molecular formula is C15H20N4. The summed E-state index contributed by atoms with van der Waals surface area (Å²) in [5.74, 6) is 1.09. The highest BCUT2D eigenvalue weighted by Gasteiger charge is 2.13. The lowest BCUT2D eigenvalue weighted by Crippen LogP contribution is -2.43. The van der Waals surface area contributed by atoms with Crippen LogP contribution in [0.4, 0.5) is 5.82 Å². The molecule has 0 bridgehead atoms. The van der Waals surface area contributed by atoms with Crippen molar-refractivity contribution in [2.75, 3.05) is 31.1 Å². The van der Waals surface area contributed by atoms with E-state index >= 15 is 0 Å². The fourth-order valence-corrected chi connectivity index (χ4v) is 2.61. The molecule has 3 rings (SSSR count). The second-order valence-electron chi connectivity index (χ2n) is 5.09. The molecule has 0 unspecified atom stereocenters. The Morgan fingerprint density at radius 1 is 1.26 bits per heavy atom. The molecule has 0 amide bonds. The van der Waals surface area contributed by atoms with Gasteiger partial charge >= 0.3 is 0 Å². The van der Waals surface area contributed by atoms with Crippen LogP contribution in [-0.2, 0) is 6.54 Å². The van der Waals surface area contributed by atoms with E-state index < -0.39 is 0 Å². The van der Waals surface area contributed by atoms with Crippen molar-refractivity contribution >= 4 is 16.7 Å². The first-order valence-corrected chi connectivity index (χ1v) is 6.84. The molecule has 4 nitrogen and oxygen atoms in total. The number of hydrogen-bond donors (Lipinski definition) is 2. The first kappa shape index (κ1) is 12.4. The van der Waals surface area contributed by atoms with E-state index in [1.807, 2.05) is 0 Å². The number of nitrogens with two attached hydrogens (primary N) is 1. The van der Waals surface area contributed by atoms with Crippen LogP contribution in [0, 0.1) is 6.92 Å². The number of nitrogens with one attached hydrogen (secondary N) is 1. The van der Waals surface area contributed by atoms with Gasteiger partial charge in [0.25, 0.3) is 0 Å². The third kappa shape index (κ3) is 2.41. The molecule has 1 aromatic heterocycles. The Morgan fingerprint density at radius 2 is 2.05 bits per heavy atom. The second-order valence-corrected chi connectivity index (χ2v) is 5.09. The molecule has 1 saturated heterocycles. The fourth-order valence-electron chi connectivity index (χ4n) is 2.61. The largest absolute Gasteiger partial charge is 0.354 e. The van der Waals surface area contributed by atoms with Crippen LogP contribution in [0.15, 0.2) is 24.3 Å². The maximum absolute atomic E-state index is 5.70. The van der Waals surface area contributed by atoms with Crippen LogP contribution in [0.2, 0.25) is 0 Å². The van der Waals surface area contributed by atoms with Gasteiger partial charge in [-0.2, -0.15) is 0 Å². The smallest absolute Gasteiger partial charge is 0.129 e. The molecule has 2 aromatic rings. The molecule has 0 aliphatic carbocycles. The summed E-state index contributed by atoms with van der Waals surface area (Å²) < 4.78 is 0. The van der Waals surface area contributed by atoms with Crippen LogP contribution < -0.4 is 16.0 Å². The molecule has 0 atom stereocenters. The number of aryl methyl sites for hydroxylation is 1. The predicted octanol–water partition coefficient (Wildman–Crippen LogP) is 1.41. The third-order valence-electron chi connectivity index (χ3n) is 3.74. The van der Waals surface area contributed by atoms with Crippen molar-refractivity contribution in [1.29, 1.82) is 0 Å². The highest BCUT2D eigenvalue weighted by Crippen LogP contribution is 2.23. The minimum Gasteiger partial charge on any atom is -0.354 e. The highest BCUT2D eigenvalue weighted by molar-refractivity contribution is 5.84. The summed E-state index contributed by atoms with van der Waals surface area (Å²) in [6, 6.07) is 8.49. The maximum Gasteiger partial charge on any atom is 0.129 e. The first-order valence-electron chi connectivity index (χ1n) is 6.84. The van der Waals surface area contributed by atoms with Crippen LogP contribution in [0.5, 0.6) is 0 Å². The molecule has 0 spiro atoms. The first-order chi connectivity index (χ1) is 9.28. The number of hydrogen-bond acceptors (Lipinski definition) is 4. The summed E-state index contributed by atoms with van der Waals surface area (Å²) in [5.41, 5.74) is 9.19. The topological polar surface area (TPSA) is 54.2 Å². The van der Waals surface area contributed by atoms with Gasteiger partial charge in [0.05, 0.1) is 5.52 Å². The van der Waals surface area contributed by atoms with Crippen molar-refractivity contribution in [2.45, 2.75) is 13.5 Å². The number of fused-ring (bicyclic) bond motifs is 1. The van der Waals surface area contributed by atoms with Crippen LogP contribution in [0.25, 0.3) is 10.9 Å². The number of piperazine rings is 1. The van der Waals surface area contributed by atoms with E-state index in [4.69, 9.17) is 10.7 Å². The standard InChI is InChI=1S/C15H20N4/c1-11-8-15(19-6-4-17-5-7-19)18-14-3-2-12(10-16)9-13(11)14/h2-3,8-9,17H,4-7,10,16H2,1H3. The van der Waals surface area contributed by atoms with E-state index in [1.165, 1.54) is 10.9 Å². The quantitative estimate of drug-likeness (QED) is 0.853. The molecule has 1 aromatic carbocycles. The summed E-state index contributed by atoms with van der Waals surface area (Å²) in [6.07, 6.45) is 0. The molecule has 4 heteroatoms. The lowest BCUT2D eigenvalue weighted by Gasteiger charge is -2.29. The highest BCUT2D eigenvalue weighted by atomic mass is 15.2. The summed E-state index contributed by atoms with van der Waals surface area (Å²) in [7, 11) is 0. The third-order valence-corrected chi connectivity index (χ3v) is 3.74. The number of rotatable bonds is 2. The molecule has 1 aliphatic heterocycles. The Kier molecular flexibility index (Phi) is 3.36. The monoisotopic (exact) mass is 256 g/mol. The summed E-state index contributed by atoms with van der Waals surface area (Å²) >= 11 is 0. The summed E-state index contributed by atoms with van der Waals surface area (Å²) in [6.45, 7) is 6.85. The number of nitrogens with zero attached hydrogens (tertiary/aromatic N) is 2. The SMILES string of the molecule is Cc1cc(N2CCNCC2)nc2ccc(CN)cc12. The van der Waals surface area contributed by atoms with Gasteiger partial charge in [-0.15, -0.1) is 0 Å². The zero-order chi connectivity index (χ0) is 13.2. The number of benzene rings is 1. The van der Waals surface area contributed by atoms with Crippen LogP contribution in [0.1, 0.15) is 11.1 Å². The van der Waals surface area contributed by atoms with Crippen molar-refractivity contribution in [3.63, 3.8) is 0 Å². The van der Waals surface area contributed by atoms with Gasteiger partial charge in [0.15, 0.2) is 0 Å². The van der Waals surface area contributed by atoms with Gasteiger partial charge in [0, 0.05) is 38.1 Å². The van der Waals surface area contributed by atoms with Crippen molar-refractivity contribution < 1.29 is 0 Å². The second kappa shape index (κ2) is 5.15. The Bertz CT molecular complexity index is 588. The predicted molar refractivity (Wildman–Crippen MR) is 79.5 cm³/mol. The van der Waals surface area contributed by atoms with Gasteiger partial charge in [-0.3, -0.25) is 0 Å². The van der Waals surface area contributed by atoms with Gasteiger partial charge in [-0.05, 0) is 36.2 Å². The minimum atomic E-state index is 0.578. The lowest BCUT2D eigenvalue weighted by atomic mass is 10.1. The summed E-state index contributed by atoms with van der Waals surface area (Å²) in [4.78, 5) is 7.14. The number of aromatic nitrogens is 1. The van der Waals surface area contributed by atoms with Crippen molar-refractivity contribution in [1.82, 2.24) is 10.3 Å². The Hall–Kier alpha value is -1.65. The van der Waals surface area contributed by atoms with Gasteiger partial charge in [-0.1, -0.05) is 6.07 Å². The fraction of sp³-hybridized carbons (Fsp3) is 0.400. The number of anilines is 1. The molecule has 1 fully saturated rings. The zero-order valence-corrected chi connectivity index (χ0v) is 11.3. The average Bonchev–Trinajstić information content (AvgIpc) is 2.48. The molecular weight excluding hydrogens is 236 g/mol. The van der Waals surface area contributed by atoms with Gasteiger partial charge in [-0.25, -0.2) is 4.98 Å². The molecule has 1 aliphatic rings. The summed E-state index contributed by atoms with van der Waals surface area (Å²) in [5, 5.41) is 4.58. The molecule has 0 radical (unpaired) electrons. The molecule has 2 heterocycles. The molecule has 0 saturated carbocycles. The molecule has 3 N–H and O–H groups in total. The zero-order valence-electron chi connectivity index (χ0n) is 11.3. The van der Waals surface area contributed by atoms with Crippen LogP contribution in [-0.4, -0.2) is 31.2 Å². The van der Waals surface area contributed by atoms with Crippen molar-refractivity contribution in [2.24, 2.45) is 5.73 Å². The van der Waals surface area contributed by atoms with E-state index in [2.05, 4.69) is 41.4 Å². The Labute approximate surface area is 113 Å². The molecule has 100 valence electrons. The Morgan fingerprint density at radius 3 is 2.79 bits per heavy atom. The minimum absolute atomic E-state index is 0.578. The van der Waals surface area contributed by atoms with Crippen molar-refractivity contribution in [3.05, 3.63) is 35.4 Å². The average molecular weight is 256 g/mol. The van der Waals surface area contributed by atoms with Gasteiger partial charge in [0.2, 0.25) is 0 Å². The van der Waals surface area contributed by atoms with Gasteiger partial charge in [0.1, 0.15) is 5.82 Å². The maximum atomic E-state index is 5.70. The van der Waals surface area contributed by atoms with E-state index in [0.717, 1.165) is 43.1 Å². The van der Waals surface area contributed by atoms with Crippen LogP contribution in [0.3, 0.4) is 0 Å². The lowest BCUT2D eigenvalue weighted by molar-refractivity contribution is 0.585. The Balaban J connectivity index is 2.03. The van der Waals surface area contributed by atoms with E-state index in [1.54, 1.807) is 0 Å².